The predicted octanol–water partition coefficient (Wildman–Crippen LogP) is 0.644. The molecule has 58 valence electrons. The second-order valence-corrected chi connectivity index (χ2v) is 2.33. The van der Waals surface area contributed by atoms with Gasteiger partial charge < -0.3 is 5.11 Å². The van der Waals surface area contributed by atoms with Gasteiger partial charge in [-0.2, -0.15) is 0 Å². The van der Waals surface area contributed by atoms with Crippen LogP contribution in [-0.4, -0.2) is 23.9 Å². The maximum absolute atomic E-state index is 8.51. The summed E-state index contributed by atoms with van der Waals surface area (Å²) in [6, 6.07) is 0. The molecule has 3 nitrogen and oxygen atoms in total. The molecule has 3 heteroatoms. The smallest absolute Gasteiger partial charge is 0.113 e. The summed E-state index contributed by atoms with van der Waals surface area (Å²) in [4.78, 5) is 9.73. The second-order valence-electron chi connectivity index (χ2n) is 2.33. The van der Waals surface area contributed by atoms with Crippen molar-refractivity contribution in [2.24, 2.45) is 0 Å². The average molecular weight is 144 g/mol. The Morgan fingerprint density at radius 3 is 2.70 bits per heavy atom. The number of hydrogen-bond acceptors (Lipinski definition) is 3. The molecule has 1 heterocycles. The van der Waals surface area contributed by atoms with Crippen LogP contribution in [0.15, 0.2) is 12.2 Å². The molecule has 1 aliphatic rings. The van der Waals surface area contributed by atoms with E-state index in [-0.39, 0.29) is 18.8 Å². The largest absolute Gasteiger partial charge is 0.396 e. The summed E-state index contributed by atoms with van der Waals surface area (Å²) in [5.41, 5.74) is 0. The van der Waals surface area contributed by atoms with Crippen LogP contribution < -0.4 is 0 Å². The molecule has 0 saturated heterocycles. The van der Waals surface area contributed by atoms with Gasteiger partial charge in [-0.15, -0.1) is 0 Å². The molecule has 0 fully saturated rings. The molecule has 0 bridgehead atoms. The van der Waals surface area contributed by atoms with Crippen molar-refractivity contribution in [2.75, 3.05) is 6.61 Å². The first kappa shape index (κ1) is 7.72. The Labute approximate surface area is 60.2 Å². The zero-order valence-electron chi connectivity index (χ0n) is 5.99. The summed E-state index contributed by atoms with van der Waals surface area (Å²) in [7, 11) is 0. The fourth-order valence-electron chi connectivity index (χ4n) is 0.775. The maximum Gasteiger partial charge on any atom is 0.113 e. The zero-order valence-corrected chi connectivity index (χ0v) is 5.99. The molecule has 0 saturated carbocycles. The average Bonchev–Trinajstić information content (AvgIpc) is 1.95. The summed E-state index contributed by atoms with van der Waals surface area (Å²) in [6.07, 6.45) is 4.40. The monoisotopic (exact) mass is 144 g/mol. The standard InChI is InChI=1S/C7H12O3/c1-6-2-3-7(4-5-8)10-9-6/h2-3,6-8H,4-5H2,1H3/t6-,7-/m1/s1. The predicted molar refractivity (Wildman–Crippen MR) is 36.3 cm³/mol. The van der Waals surface area contributed by atoms with E-state index >= 15 is 0 Å². The minimum absolute atomic E-state index is 0.0370. The van der Waals surface area contributed by atoms with Gasteiger partial charge in [-0.25, -0.2) is 9.78 Å². The molecule has 1 N–H and O–H groups in total. The van der Waals surface area contributed by atoms with Crippen molar-refractivity contribution in [3.05, 3.63) is 12.2 Å². The number of hydrogen-bond donors (Lipinski definition) is 1. The van der Waals surface area contributed by atoms with E-state index in [0.29, 0.717) is 6.42 Å². The van der Waals surface area contributed by atoms with Crippen LogP contribution in [0.5, 0.6) is 0 Å². The lowest BCUT2D eigenvalue weighted by atomic mass is 10.2. The molecular formula is C7H12O3. The highest BCUT2D eigenvalue weighted by Crippen LogP contribution is 2.10. The van der Waals surface area contributed by atoms with E-state index in [1.165, 1.54) is 0 Å². The van der Waals surface area contributed by atoms with Crippen molar-refractivity contribution >= 4 is 0 Å². The van der Waals surface area contributed by atoms with Gasteiger partial charge in [0.1, 0.15) is 12.2 Å². The summed E-state index contributed by atoms with van der Waals surface area (Å²) < 4.78 is 0. The van der Waals surface area contributed by atoms with Crippen molar-refractivity contribution < 1.29 is 14.9 Å². The van der Waals surface area contributed by atoms with Crippen molar-refractivity contribution in [1.82, 2.24) is 0 Å². The third-order valence-electron chi connectivity index (χ3n) is 1.34. The summed E-state index contributed by atoms with van der Waals surface area (Å²) in [5.74, 6) is 0. The number of aliphatic hydroxyl groups is 1. The normalized spacial score (nSPS) is 32.6. The van der Waals surface area contributed by atoms with E-state index in [0.717, 1.165) is 0 Å². The minimum atomic E-state index is -0.0683. The van der Waals surface area contributed by atoms with Gasteiger partial charge >= 0.3 is 0 Å². The third-order valence-corrected chi connectivity index (χ3v) is 1.34. The van der Waals surface area contributed by atoms with E-state index in [2.05, 4.69) is 0 Å². The van der Waals surface area contributed by atoms with Crippen LogP contribution in [-0.2, 0) is 9.78 Å². The first-order valence-electron chi connectivity index (χ1n) is 3.44. The van der Waals surface area contributed by atoms with Crippen molar-refractivity contribution in [3.8, 4) is 0 Å². The van der Waals surface area contributed by atoms with Crippen LogP contribution in [0.1, 0.15) is 13.3 Å². The molecule has 10 heavy (non-hydrogen) atoms. The molecule has 0 spiro atoms. The van der Waals surface area contributed by atoms with Crippen molar-refractivity contribution in [2.45, 2.75) is 25.6 Å². The van der Waals surface area contributed by atoms with Crippen LogP contribution in [0.4, 0.5) is 0 Å². The van der Waals surface area contributed by atoms with Gasteiger partial charge in [0.05, 0.1) is 0 Å². The van der Waals surface area contributed by atoms with Gasteiger partial charge in [-0.05, 0) is 6.92 Å². The van der Waals surface area contributed by atoms with Crippen molar-refractivity contribution in [3.63, 3.8) is 0 Å². The Morgan fingerprint density at radius 2 is 2.20 bits per heavy atom. The van der Waals surface area contributed by atoms with E-state index < -0.39 is 0 Å². The Kier molecular flexibility index (Phi) is 2.86. The summed E-state index contributed by atoms with van der Waals surface area (Å²) >= 11 is 0. The summed E-state index contributed by atoms with van der Waals surface area (Å²) in [5, 5.41) is 8.51. The molecule has 0 unspecified atom stereocenters. The highest BCUT2D eigenvalue weighted by atomic mass is 17.2. The first-order valence-corrected chi connectivity index (χ1v) is 3.44. The molecule has 0 amide bonds. The molecule has 0 aromatic carbocycles. The van der Waals surface area contributed by atoms with Gasteiger partial charge in [0.15, 0.2) is 0 Å². The topological polar surface area (TPSA) is 38.7 Å². The lowest BCUT2D eigenvalue weighted by molar-refractivity contribution is -0.337. The SMILES string of the molecule is C[C@@H]1C=C[C@H](CCO)OO1. The second kappa shape index (κ2) is 3.71. The van der Waals surface area contributed by atoms with Crippen molar-refractivity contribution in [1.29, 1.82) is 0 Å². The quantitative estimate of drug-likeness (QED) is 0.456. The first-order chi connectivity index (χ1) is 4.83. The Balaban J connectivity index is 2.30. The minimum Gasteiger partial charge on any atom is -0.396 e. The van der Waals surface area contributed by atoms with Crippen LogP contribution in [0.3, 0.4) is 0 Å². The fourth-order valence-corrected chi connectivity index (χ4v) is 0.775. The highest BCUT2D eigenvalue weighted by Gasteiger charge is 2.12. The Hall–Kier alpha value is -0.380. The molecule has 1 rings (SSSR count). The van der Waals surface area contributed by atoms with Crippen LogP contribution in [0.25, 0.3) is 0 Å². The van der Waals surface area contributed by atoms with Crippen LogP contribution >= 0.6 is 0 Å². The van der Waals surface area contributed by atoms with E-state index in [4.69, 9.17) is 14.9 Å². The number of rotatable bonds is 2. The van der Waals surface area contributed by atoms with Gasteiger partial charge in [0.25, 0.3) is 0 Å². The lowest BCUT2D eigenvalue weighted by Gasteiger charge is -2.19. The molecule has 0 radical (unpaired) electrons. The van der Waals surface area contributed by atoms with Crippen LogP contribution in [0.2, 0.25) is 0 Å². The Morgan fingerprint density at radius 1 is 1.40 bits per heavy atom. The molecule has 0 aliphatic carbocycles. The number of aliphatic hydroxyl groups excluding tert-OH is 1. The fraction of sp³-hybridized carbons (Fsp3) is 0.714. The highest BCUT2D eigenvalue weighted by molar-refractivity contribution is 4.94. The summed E-state index contributed by atoms with van der Waals surface area (Å²) in [6.45, 7) is 2.03. The molecular weight excluding hydrogens is 132 g/mol. The molecule has 1 aliphatic heterocycles. The van der Waals surface area contributed by atoms with E-state index in [1.807, 2.05) is 19.1 Å². The van der Waals surface area contributed by atoms with Crippen LogP contribution in [0, 0.1) is 0 Å². The lowest BCUT2D eigenvalue weighted by Crippen LogP contribution is -2.21. The zero-order chi connectivity index (χ0) is 7.40. The van der Waals surface area contributed by atoms with Gasteiger partial charge in [0.2, 0.25) is 0 Å². The van der Waals surface area contributed by atoms with Gasteiger partial charge in [-0.3, -0.25) is 0 Å². The van der Waals surface area contributed by atoms with E-state index in [1.54, 1.807) is 0 Å². The van der Waals surface area contributed by atoms with Gasteiger partial charge in [-0.1, -0.05) is 12.2 Å². The Bertz CT molecular complexity index is 122. The molecule has 0 aromatic rings. The van der Waals surface area contributed by atoms with E-state index in [9.17, 15) is 0 Å². The molecule has 2 atom stereocenters. The maximum atomic E-state index is 8.51. The van der Waals surface area contributed by atoms with Gasteiger partial charge in [0, 0.05) is 13.0 Å². The third kappa shape index (κ3) is 2.10. The molecule has 0 aromatic heterocycles.